The van der Waals surface area contributed by atoms with Crippen molar-refractivity contribution in [3.63, 3.8) is 0 Å². The highest BCUT2D eigenvalue weighted by Crippen LogP contribution is 2.09. The summed E-state index contributed by atoms with van der Waals surface area (Å²) in [5.41, 5.74) is 0.310. The smallest absolute Gasteiger partial charge is 0.321 e. The molecule has 2 aromatic heterocycles. The Bertz CT molecular complexity index is 873. The van der Waals surface area contributed by atoms with Crippen LogP contribution in [-0.4, -0.2) is 36.2 Å². The number of alkyl halides is 1. The number of aryl methyl sites for hydroxylation is 1. The van der Waals surface area contributed by atoms with Gasteiger partial charge in [-0.1, -0.05) is 23.4 Å². The van der Waals surface area contributed by atoms with Gasteiger partial charge in [0.05, 0.1) is 6.54 Å². The Hall–Kier alpha value is -2.74. The summed E-state index contributed by atoms with van der Waals surface area (Å²) < 4.78 is 2.28. The number of nitrogens with one attached hydrogen (secondary N) is 1. The van der Waals surface area contributed by atoms with Gasteiger partial charge in [0.25, 0.3) is 5.91 Å². The molecule has 0 aliphatic carbocycles. The largest absolute Gasteiger partial charge is 0.353 e. The van der Waals surface area contributed by atoms with Gasteiger partial charge in [-0.15, -0.1) is 16.7 Å². The van der Waals surface area contributed by atoms with Gasteiger partial charge in [-0.3, -0.25) is 4.79 Å². The molecule has 0 aliphatic heterocycles. The van der Waals surface area contributed by atoms with E-state index in [1.54, 1.807) is 24.3 Å². The van der Waals surface area contributed by atoms with Crippen LogP contribution < -0.4 is 11.0 Å². The number of nitrogens with zero attached hydrogens (tertiary/aromatic N) is 5. The fourth-order valence-electron chi connectivity index (χ4n) is 1.93. The maximum atomic E-state index is 12.2. The van der Waals surface area contributed by atoms with Crippen molar-refractivity contribution < 1.29 is 4.79 Å². The summed E-state index contributed by atoms with van der Waals surface area (Å²) in [6.45, 7) is 0.229. The van der Waals surface area contributed by atoms with Crippen LogP contribution in [0, 0.1) is 0 Å². The van der Waals surface area contributed by atoms with Crippen molar-refractivity contribution in [2.24, 2.45) is 0 Å². The second kappa shape index (κ2) is 5.94. The zero-order chi connectivity index (χ0) is 15.5. The number of aromatic nitrogens is 5. The van der Waals surface area contributed by atoms with Gasteiger partial charge in [-0.05, 0) is 12.1 Å². The molecule has 0 unspecified atom stereocenters. The molecule has 3 aromatic rings. The minimum Gasteiger partial charge on any atom is -0.321 e. The first-order valence-corrected chi connectivity index (χ1v) is 6.97. The zero-order valence-electron chi connectivity index (χ0n) is 11.3. The molecule has 8 nitrogen and oxygen atoms in total. The lowest BCUT2D eigenvalue weighted by atomic mass is 10.3. The molecular weight excluding hydrogens is 308 g/mol. The molecule has 0 spiro atoms. The Morgan fingerprint density at radius 3 is 2.77 bits per heavy atom. The predicted molar refractivity (Wildman–Crippen MR) is 80.2 cm³/mol. The molecule has 0 saturated carbocycles. The molecule has 3 rings (SSSR count). The molecular formula is C13H11ClN6O2. The summed E-state index contributed by atoms with van der Waals surface area (Å²) >= 11 is 5.59. The van der Waals surface area contributed by atoms with E-state index in [4.69, 9.17) is 11.6 Å². The van der Waals surface area contributed by atoms with Crippen LogP contribution in [0.15, 0.2) is 41.5 Å². The van der Waals surface area contributed by atoms with Gasteiger partial charge in [0.15, 0.2) is 11.3 Å². The summed E-state index contributed by atoms with van der Waals surface area (Å²) in [5.74, 6) is -0.228. The number of hydrogen-bond acceptors (Lipinski definition) is 5. The van der Waals surface area contributed by atoms with Crippen molar-refractivity contribution in [3.05, 3.63) is 52.8 Å². The van der Waals surface area contributed by atoms with E-state index in [2.05, 4.69) is 20.6 Å². The van der Waals surface area contributed by atoms with Crippen LogP contribution in [0.4, 0.5) is 5.69 Å². The lowest BCUT2D eigenvalue weighted by molar-refractivity contribution is 0.102. The minimum absolute atomic E-state index is 0.0338. The molecule has 1 amide bonds. The lowest BCUT2D eigenvalue weighted by Crippen LogP contribution is -2.30. The average Bonchev–Trinajstić information content (AvgIpc) is 2.96. The standard InChI is InChI=1S/C13H11ClN6O2/c14-6-7-20-13(22)19-8-15-10(11(19)17-18-20)12(21)16-9-4-2-1-3-5-9/h1-5,8H,6-7H2,(H,16,21). The molecule has 0 atom stereocenters. The van der Waals surface area contributed by atoms with Gasteiger partial charge in [0.1, 0.15) is 6.33 Å². The van der Waals surface area contributed by atoms with Gasteiger partial charge in [0, 0.05) is 11.6 Å². The number of anilines is 1. The number of fused-ring (bicyclic) bond motifs is 1. The van der Waals surface area contributed by atoms with Gasteiger partial charge < -0.3 is 5.32 Å². The number of hydrogen-bond donors (Lipinski definition) is 1. The topological polar surface area (TPSA) is 94.2 Å². The molecule has 1 N–H and O–H groups in total. The SMILES string of the molecule is O=C(Nc1ccccc1)c1ncn2c(=O)n(CCCl)nnc12. The van der Waals surface area contributed by atoms with Crippen molar-refractivity contribution in [3.8, 4) is 0 Å². The summed E-state index contributed by atoms with van der Waals surface area (Å²) in [5, 5.41) is 10.3. The maximum Gasteiger partial charge on any atom is 0.353 e. The Labute approximate surface area is 129 Å². The third-order valence-corrected chi connectivity index (χ3v) is 3.13. The Morgan fingerprint density at radius 2 is 2.05 bits per heavy atom. The van der Waals surface area contributed by atoms with Crippen molar-refractivity contribution in [1.82, 2.24) is 24.4 Å². The Morgan fingerprint density at radius 1 is 1.27 bits per heavy atom. The average molecular weight is 319 g/mol. The van der Waals surface area contributed by atoms with E-state index in [-0.39, 0.29) is 23.8 Å². The Balaban J connectivity index is 1.97. The fraction of sp³-hybridized carbons (Fsp3) is 0.154. The molecule has 2 heterocycles. The van der Waals surface area contributed by atoms with Crippen molar-refractivity contribution in [1.29, 1.82) is 0 Å². The molecule has 0 fully saturated rings. The monoisotopic (exact) mass is 318 g/mol. The molecule has 0 saturated heterocycles. The Kier molecular flexibility index (Phi) is 3.84. The van der Waals surface area contributed by atoms with Crippen LogP contribution >= 0.6 is 11.6 Å². The van der Waals surface area contributed by atoms with E-state index in [9.17, 15) is 9.59 Å². The third kappa shape index (κ3) is 2.56. The first kappa shape index (κ1) is 14.2. The molecule has 0 radical (unpaired) electrons. The number of rotatable bonds is 4. The number of halogens is 1. The number of carbonyl (C=O) groups excluding carboxylic acids is 1. The van der Waals surface area contributed by atoms with E-state index in [1.807, 2.05) is 6.07 Å². The highest BCUT2D eigenvalue weighted by Gasteiger charge is 2.17. The summed E-state index contributed by atoms with van der Waals surface area (Å²) in [4.78, 5) is 28.3. The van der Waals surface area contributed by atoms with Gasteiger partial charge >= 0.3 is 5.69 Å². The van der Waals surface area contributed by atoms with Crippen LogP contribution in [0.5, 0.6) is 0 Å². The molecule has 9 heteroatoms. The van der Waals surface area contributed by atoms with Crippen LogP contribution in [-0.2, 0) is 6.54 Å². The molecule has 0 aliphatic rings. The fourth-order valence-corrected chi connectivity index (χ4v) is 2.09. The van der Waals surface area contributed by atoms with Crippen LogP contribution in [0.3, 0.4) is 0 Å². The molecule has 22 heavy (non-hydrogen) atoms. The molecule has 1 aromatic carbocycles. The lowest BCUT2D eigenvalue weighted by Gasteiger charge is -2.03. The van der Waals surface area contributed by atoms with E-state index in [0.29, 0.717) is 5.69 Å². The zero-order valence-corrected chi connectivity index (χ0v) is 12.1. The van der Waals surface area contributed by atoms with E-state index in [0.717, 1.165) is 4.68 Å². The number of carbonyl (C=O) groups is 1. The van der Waals surface area contributed by atoms with Gasteiger partial charge in [-0.2, -0.15) is 4.68 Å². The highest BCUT2D eigenvalue weighted by molar-refractivity contribution is 6.17. The van der Waals surface area contributed by atoms with E-state index in [1.165, 1.54) is 10.7 Å². The van der Waals surface area contributed by atoms with E-state index < -0.39 is 11.6 Å². The summed E-state index contributed by atoms with van der Waals surface area (Å²) in [7, 11) is 0. The van der Waals surface area contributed by atoms with Crippen molar-refractivity contribution in [2.75, 3.05) is 11.2 Å². The number of imidazole rings is 1. The minimum atomic E-state index is -0.461. The van der Waals surface area contributed by atoms with Gasteiger partial charge in [0.2, 0.25) is 0 Å². The van der Waals surface area contributed by atoms with Crippen LogP contribution in [0.25, 0.3) is 5.65 Å². The first-order valence-electron chi connectivity index (χ1n) is 6.44. The van der Waals surface area contributed by atoms with Crippen molar-refractivity contribution in [2.45, 2.75) is 6.54 Å². The second-order valence-corrected chi connectivity index (χ2v) is 4.77. The van der Waals surface area contributed by atoms with Crippen molar-refractivity contribution >= 4 is 28.8 Å². The maximum absolute atomic E-state index is 12.2. The highest BCUT2D eigenvalue weighted by atomic mass is 35.5. The van der Waals surface area contributed by atoms with E-state index >= 15 is 0 Å². The normalized spacial score (nSPS) is 10.8. The van der Waals surface area contributed by atoms with Crippen LogP contribution in [0.2, 0.25) is 0 Å². The quantitative estimate of drug-likeness (QED) is 0.717. The third-order valence-electron chi connectivity index (χ3n) is 2.96. The number of benzene rings is 1. The molecule has 0 bridgehead atoms. The first-order chi connectivity index (χ1) is 10.7. The summed E-state index contributed by atoms with van der Waals surface area (Å²) in [6, 6.07) is 8.92. The van der Waals surface area contributed by atoms with Crippen LogP contribution in [0.1, 0.15) is 10.5 Å². The number of para-hydroxylation sites is 1. The second-order valence-electron chi connectivity index (χ2n) is 4.39. The molecule has 112 valence electrons. The summed E-state index contributed by atoms with van der Waals surface area (Å²) in [6.07, 6.45) is 1.25. The van der Waals surface area contributed by atoms with Gasteiger partial charge in [-0.25, -0.2) is 14.2 Å². The predicted octanol–water partition coefficient (Wildman–Crippen LogP) is 0.777. The number of amides is 1.